The first-order valence-electron chi connectivity index (χ1n) is 7.01. The summed E-state index contributed by atoms with van der Waals surface area (Å²) in [4.78, 5) is 15.3. The van der Waals surface area contributed by atoms with E-state index in [9.17, 15) is 4.79 Å². The predicted octanol–water partition coefficient (Wildman–Crippen LogP) is 3.77. The van der Waals surface area contributed by atoms with Crippen LogP contribution in [0.5, 0.6) is 0 Å². The molecule has 0 aliphatic carbocycles. The Morgan fingerprint density at radius 3 is 3.10 bits per heavy atom. The van der Waals surface area contributed by atoms with Crippen LogP contribution in [0, 0.1) is 0 Å². The lowest BCUT2D eigenvalue weighted by molar-refractivity contribution is 0.00207. The number of carbonyl (C=O) groups is 1. The van der Waals surface area contributed by atoms with Crippen molar-refractivity contribution in [3.05, 3.63) is 28.2 Å². The summed E-state index contributed by atoms with van der Waals surface area (Å²) in [5.74, 6) is 0.0533. The van der Waals surface area contributed by atoms with Gasteiger partial charge < -0.3 is 9.64 Å². The first kappa shape index (κ1) is 15.9. The van der Waals surface area contributed by atoms with Gasteiger partial charge in [-0.3, -0.25) is 4.79 Å². The van der Waals surface area contributed by atoms with Crippen LogP contribution in [0.15, 0.2) is 27.6 Å². The number of carbonyl (C=O) groups excluding carboxylic acids is 1. The minimum absolute atomic E-state index is 0.0533. The first-order valence-corrected chi connectivity index (χ1v) is 8.25. The van der Waals surface area contributed by atoms with Crippen molar-refractivity contribution in [1.29, 1.82) is 0 Å². The molecule has 3 nitrogen and oxygen atoms in total. The van der Waals surface area contributed by atoms with Gasteiger partial charge in [0.25, 0.3) is 5.91 Å². The van der Waals surface area contributed by atoms with Gasteiger partial charge in [-0.25, -0.2) is 0 Å². The number of ether oxygens (including phenoxy) is 1. The zero-order valence-corrected chi connectivity index (χ0v) is 14.1. The van der Waals surface area contributed by atoms with Crippen LogP contribution in [-0.2, 0) is 4.74 Å². The van der Waals surface area contributed by atoms with Gasteiger partial charge in [-0.1, -0.05) is 6.92 Å². The molecular formula is C15H20BrNO2S. The summed E-state index contributed by atoms with van der Waals surface area (Å²) in [5.41, 5.74) is 0.675. The number of likely N-dealkylation sites (tertiary alicyclic amines) is 1. The van der Waals surface area contributed by atoms with E-state index in [0.29, 0.717) is 12.1 Å². The highest BCUT2D eigenvalue weighted by molar-refractivity contribution is 9.10. The standard InChI is InChI=1S/C15H20BrNO2S/c1-2-8-19-11-4-3-7-17(10-11)15(18)13-9-12(20)5-6-14(13)16/h5-6,9,11,20H,2-4,7-8,10H2,1H3. The molecule has 0 bridgehead atoms. The lowest BCUT2D eigenvalue weighted by Gasteiger charge is -2.33. The molecule has 1 unspecified atom stereocenters. The van der Waals surface area contributed by atoms with Crippen molar-refractivity contribution in [2.75, 3.05) is 19.7 Å². The zero-order chi connectivity index (χ0) is 14.5. The normalized spacial score (nSPS) is 19.1. The third kappa shape index (κ3) is 3.99. The van der Waals surface area contributed by atoms with E-state index in [2.05, 4.69) is 35.5 Å². The minimum Gasteiger partial charge on any atom is -0.376 e. The maximum atomic E-state index is 12.6. The molecule has 0 aromatic heterocycles. The zero-order valence-electron chi connectivity index (χ0n) is 11.6. The van der Waals surface area contributed by atoms with E-state index >= 15 is 0 Å². The number of hydrogen-bond acceptors (Lipinski definition) is 3. The Morgan fingerprint density at radius 1 is 1.55 bits per heavy atom. The summed E-state index contributed by atoms with van der Waals surface area (Å²) in [5, 5.41) is 0. The van der Waals surface area contributed by atoms with Gasteiger partial charge in [-0.2, -0.15) is 0 Å². The van der Waals surface area contributed by atoms with Crippen molar-refractivity contribution < 1.29 is 9.53 Å². The van der Waals surface area contributed by atoms with Crippen molar-refractivity contribution in [1.82, 2.24) is 4.90 Å². The number of thiol groups is 1. The van der Waals surface area contributed by atoms with Crippen LogP contribution in [0.1, 0.15) is 36.5 Å². The fourth-order valence-electron chi connectivity index (χ4n) is 2.39. The molecule has 0 radical (unpaired) electrons. The largest absolute Gasteiger partial charge is 0.376 e. The van der Waals surface area contributed by atoms with Crippen molar-refractivity contribution in [3.63, 3.8) is 0 Å². The lowest BCUT2D eigenvalue weighted by Crippen LogP contribution is -2.43. The topological polar surface area (TPSA) is 29.5 Å². The van der Waals surface area contributed by atoms with E-state index in [1.54, 1.807) is 0 Å². The molecule has 20 heavy (non-hydrogen) atoms. The highest BCUT2D eigenvalue weighted by Gasteiger charge is 2.25. The molecule has 1 heterocycles. The molecule has 1 fully saturated rings. The van der Waals surface area contributed by atoms with Crippen LogP contribution in [0.3, 0.4) is 0 Å². The fraction of sp³-hybridized carbons (Fsp3) is 0.533. The van der Waals surface area contributed by atoms with Crippen LogP contribution in [0.4, 0.5) is 0 Å². The van der Waals surface area contributed by atoms with Gasteiger partial charge in [-0.05, 0) is 53.4 Å². The van der Waals surface area contributed by atoms with Crippen LogP contribution >= 0.6 is 28.6 Å². The second kappa shape index (κ2) is 7.48. The second-order valence-electron chi connectivity index (χ2n) is 5.05. The molecule has 1 aromatic carbocycles. The minimum atomic E-state index is 0.0533. The Kier molecular flexibility index (Phi) is 5.93. The molecule has 1 aliphatic rings. The number of halogens is 1. The molecule has 110 valence electrons. The number of hydrogen-bond donors (Lipinski definition) is 1. The summed E-state index contributed by atoms with van der Waals surface area (Å²) in [6, 6.07) is 5.55. The summed E-state index contributed by atoms with van der Waals surface area (Å²) in [7, 11) is 0. The molecule has 0 N–H and O–H groups in total. The van der Waals surface area contributed by atoms with E-state index in [4.69, 9.17) is 4.74 Å². The Morgan fingerprint density at radius 2 is 2.35 bits per heavy atom. The fourth-order valence-corrected chi connectivity index (χ4v) is 3.01. The van der Waals surface area contributed by atoms with Crippen LogP contribution < -0.4 is 0 Å². The summed E-state index contributed by atoms with van der Waals surface area (Å²) >= 11 is 7.75. The molecule has 0 spiro atoms. The highest BCUT2D eigenvalue weighted by atomic mass is 79.9. The Bertz CT molecular complexity index is 481. The highest BCUT2D eigenvalue weighted by Crippen LogP contribution is 2.24. The Hall–Kier alpha value is -0.520. The van der Waals surface area contributed by atoms with Gasteiger partial charge in [0, 0.05) is 29.1 Å². The third-order valence-corrected chi connectivity index (χ3v) is 4.37. The van der Waals surface area contributed by atoms with E-state index in [1.807, 2.05) is 23.1 Å². The van der Waals surface area contributed by atoms with Crippen molar-refractivity contribution in [2.45, 2.75) is 37.2 Å². The number of nitrogens with zero attached hydrogens (tertiary/aromatic N) is 1. The van der Waals surface area contributed by atoms with Crippen molar-refractivity contribution >= 4 is 34.5 Å². The first-order chi connectivity index (χ1) is 9.61. The van der Waals surface area contributed by atoms with E-state index in [1.165, 1.54) is 0 Å². The molecule has 5 heteroatoms. The number of benzene rings is 1. The maximum Gasteiger partial charge on any atom is 0.255 e. The van der Waals surface area contributed by atoms with Crippen LogP contribution in [0.25, 0.3) is 0 Å². The van der Waals surface area contributed by atoms with Gasteiger partial charge in [-0.15, -0.1) is 12.6 Å². The Balaban J connectivity index is 2.06. The molecule has 1 saturated heterocycles. The molecule has 1 aliphatic heterocycles. The lowest BCUT2D eigenvalue weighted by atomic mass is 10.1. The third-order valence-electron chi connectivity index (χ3n) is 3.40. The molecule has 2 rings (SSSR count). The molecule has 0 saturated carbocycles. The van der Waals surface area contributed by atoms with Gasteiger partial charge in [0.1, 0.15) is 0 Å². The monoisotopic (exact) mass is 357 g/mol. The average molecular weight is 358 g/mol. The van der Waals surface area contributed by atoms with Crippen LogP contribution in [-0.4, -0.2) is 36.6 Å². The average Bonchev–Trinajstić information content (AvgIpc) is 2.47. The number of rotatable bonds is 4. The SMILES string of the molecule is CCCOC1CCCN(C(=O)c2cc(S)ccc2Br)C1. The number of piperidine rings is 1. The number of amides is 1. The van der Waals surface area contributed by atoms with E-state index in [0.717, 1.165) is 41.8 Å². The molecule has 1 amide bonds. The molecule has 1 atom stereocenters. The molecule has 1 aromatic rings. The van der Waals surface area contributed by atoms with Crippen molar-refractivity contribution in [3.8, 4) is 0 Å². The van der Waals surface area contributed by atoms with E-state index in [-0.39, 0.29) is 12.0 Å². The van der Waals surface area contributed by atoms with Gasteiger partial charge in [0.05, 0.1) is 11.7 Å². The van der Waals surface area contributed by atoms with Gasteiger partial charge in [0.2, 0.25) is 0 Å². The molecular weight excluding hydrogens is 338 g/mol. The van der Waals surface area contributed by atoms with E-state index < -0.39 is 0 Å². The Labute approximate surface area is 134 Å². The van der Waals surface area contributed by atoms with Gasteiger partial charge >= 0.3 is 0 Å². The predicted molar refractivity (Wildman–Crippen MR) is 86.6 cm³/mol. The van der Waals surface area contributed by atoms with Crippen LogP contribution in [0.2, 0.25) is 0 Å². The maximum absolute atomic E-state index is 12.6. The summed E-state index contributed by atoms with van der Waals surface area (Å²) in [6.45, 7) is 4.35. The quantitative estimate of drug-likeness (QED) is 0.831. The van der Waals surface area contributed by atoms with Gasteiger partial charge in [0.15, 0.2) is 0 Å². The summed E-state index contributed by atoms with van der Waals surface area (Å²) in [6.07, 6.45) is 3.22. The second-order valence-corrected chi connectivity index (χ2v) is 6.42. The smallest absolute Gasteiger partial charge is 0.255 e. The van der Waals surface area contributed by atoms with Crippen molar-refractivity contribution in [2.24, 2.45) is 0 Å². The summed E-state index contributed by atoms with van der Waals surface area (Å²) < 4.78 is 6.60.